The summed E-state index contributed by atoms with van der Waals surface area (Å²) in [5, 5.41) is 0. The molecule has 0 fully saturated rings. The molecular formula is C16H14F3NO4S. The maximum atomic E-state index is 12.5. The van der Waals surface area contributed by atoms with E-state index in [4.69, 9.17) is 4.74 Å². The largest absolute Gasteiger partial charge is 0.462 e. The predicted octanol–water partition coefficient (Wildman–Crippen LogP) is 3.68. The molecule has 0 amide bonds. The Morgan fingerprint density at radius 2 is 1.60 bits per heavy atom. The molecule has 0 heterocycles. The number of sulfonamides is 1. The van der Waals surface area contributed by atoms with E-state index in [0.717, 1.165) is 24.3 Å². The number of esters is 1. The highest BCUT2D eigenvalue weighted by molar-refractivity contribution is 7.92. The van der Waals surface area contributed by atoms with Gasteiger partial charge in [-0.25, -0.2) is 13.2 Å². The lowest BCUT2D eigenvalue weighted by Gasteiger charge is -2.10. The van der Waals surface area contributed by atoms with Gasteiger partial charge in [0.2, 0.25) is 0 Å². The van der Waals surface area contributed by atoms with E-state index in [1.165, 1.54) is 24.3 Å². The van der Waals surface area contributed by atoms with Crippen LogP contribution in [-0.4, -0.2) is 21.0 Å². The highest BCUT2D eigenvalue weighted by atomic mass is 32.2. The lowest BCUT2D eigenvalue weighted by molar-refractivity contribution is -0.137. The third-order valence-corrected chi connectivity index (χ3v) is 4.54. The van der Waals surface area contributed by atoms with Gasteiger partial charge in [-0.05, 0) is 55.5 Å². The number of benzene rings is 2. The Bertz CT molecular complexity index is 844. The van der Waals surface area contributed by atoms with Crippen molar-refractivity contribution < 1.29 is 31.1 Å². The topological polar surface area (TPSA) is 72.5 Å². The molecule has 0 unspecified atom stereocenters. The van der Waals surface area contributed by atoms with Gasteiger partial charge in [0.05, 0.1) is 22.6 Å². The summed E-state index contributed by atoms with van der Waals surface area (Å²) in [4.78, 5) is 11.4. The number of anilines is 1. The first-order chi connectivity index (χ1) is 11.6. The van der Waals surface area contributed by atoms with E-state index in [1.54, 1.807) is 6.92 Å². The maximum absolute atomic E-state index is 12.5. The number of rotatable bonds is 5. The van der Waals surface area contributed by atoms with Crippen LogP contribution in [-0.2, 0) is 20.9 Å². The lowest BCUT2D eigenvalue weighted by Crippen LogP contribution is -2.14. The van der Waals surface area contributed by atoms with Crippen LogP contribution in [0.25, 0.3) is 0 Å². The summed E-state index contributed by atoms with van der Waals surface area (Å²) in [6.07, 6.45) is -4.50. The predicted molar refractivity (Wildman–Crippen MR) is 84.7 cm³/mol. The Labute approximate surface area is 142 Å². The van der Waals surface area contributed by atoms with Crippen molar-refractivity contribution in [2.24, 2.45) is 0 Å². The van der Waals surface area contributed by atoms with E-state index in [0.29, 0.717) is 0 Å². The number of hydrogen-bond acceptors (Lipinski definition) is 4. The monoisotopic (exact) mass is 373 g/mol. The minimum atomic E-state index is -4.50. The van der Waals surface area contributed by atoms with Crippen LogP contribution in [0.1, 0.15) is 22.8 Å². The van der Waals surface area contributed by atoms with Gasteiger partial charge in [0, 0.05) is 5.69 Å². The van der Waals surface area contributed by atoms with Crippen LogP contribution in [0.4, 0.5) is 18.9 Å². The van der Waals surface area contributed by atoms with Gasteiger partial charge in [0.1, 0.15) is 0 Å². The molecule has 2 rings (SSSR count). The first-order valence-corrected chi connectivity index (χ1v) is 8.59. The number of halogens is 3. The molecule has 0 saturated heterocycles. The van der Waals surface area contributed by atoms with Crippen molar-refractivity contribution >= 4 is 21.7 Å². The van der Waals surface area contributed by atoms with Gasteiger partial charge in [-0.3, -0.25) is 4.72 Å². The molecule has 0 aliphatic heterocycles. The third-order valence-electron chi connectivity index (χ3n) is 3.14. The molecule has 2 aromatic rings. The molecule has 0 radical (unpaired) electrons. The summed E-state index contributed by atoms with van der Waals surface area (Å²) < 4.78 is 69.0. The van der Waals surface area contributed by atoms with E-state index < -0.39 is 27.7 Å². The molecule has 0 atom stereocenters. The summed E-state index contributed by atoms with van der Waals surface area (Å²) in [5.41, 5.74) is -0.702. The van der Waals surface area contributed by atoms with Crippen LogP contribution in [0.5, 0.6) is 0 Å². The summed E-state index contributed by atoms with van der Waals surface area (Å²) in [5.74, 6) is -0.581. The quantitative estimate of drug-likeness (QED) is 0.812. The summed E-state index contributed by atoms with van der Waals surface area (Å²) in [6, 6.07) is 8.60. The molecule has 0 aromatic heterocycles. The molecule has 25 heavy (non-hydrogen) atoms. The summed E-state index contributed by atoms with van der Waals surface area (Å²) in [6.45, 7) is 1.83. The molecule has 5 nitrogen and oxygen atoms in total. The normalized spacial score (nSPS) is 11.8. The van der Waals surface area contributed by atoms with E-state index in [-0.39, 0.29) is 22.8 Å². The van der Waals surface area contributed by atoms with Crippen LogP contribution >= 0.6 is 0 Å². The molecule has 134 valence electrons. The van der Waals surface area contributed by atoms with Gasteiger partial charge in [-0.15, -0.1) is 0 Å². The fourth-order valence-corrected chi connectivity index (χ4v) is 2.98. The number of nitrogens with one attached hydrogen (secondary N) is 1. The zero-order valence-electron chi connectivity index (χ0n) is 13.0. The number of alkyl halides is 3. The second-order valence-corrected chi connectivity index (χ2v) is 6.61. The van der Waals surface area contributed by atoms with Gasteiger partial charge in [-0.1, -0.05) is 0 Å². The van der Waals surface area contributed by atoms with Gasteiger partial charge in [0.25, 0.3) is 10.0 Å². The van der Waals surface area contributed by atoms with Crippen molar-refractivity contribution in [1.29, 1.82) is 0 Å². The second-order valence-electron chi connectivity index (χ2n) is 4.93. The molecular weight excluding hydrogens is 359 g/mol. The van der Waals surface area contributed by atoms with Crippen LogP contribution in [0.2, 0.25) is 0 Å². The zero-order chi connectivity index (χ0) is 18.7. The smallest absolute Gasteiger partial charge is 0.416 e. The molecule has 2 aromatic carbocycles. The minimum absolute atomic E-state index is 0.0116. The van der Waals surface area contributed by atoms with Crippen LogP contribution < -0.4 is 4.72 Å². The van der Waals surface area contributed by atoms with Crippen molar-refractivity contribution in [2.75, 3.05) is 11.3 Å². The Morgan fingerprint density at radius 1 is 1.04 bits per heavy atom. The average Bonchev–Trinajstić information content (AvgIpc) is 2.54. The first-order valence-electron chi connectivity index (χ1n) is 7.11. The third kappa shape index (κ3) is 4.72. The molecule has 9 heteroatoms. The Kier molecular flexibility index (Phi) is 5.36. The highest BCUT2D eigenvalue weighted by Gasteiger charge is 2.30. The highest BCUT2D eigenvalue weighted by Crippen LogP contribution is 2.30. The Morgan fingerprint density at radius 3 is 2.08 bits per heavy atom. The molecule has 0 saturated carbocycles. The van der Waals surface area contributed by atoms with E-state index in [1.807, 2.05) is 0 Å². The van der Waals surface area contributed by atoms with Crippen molar-refractivity contribution in [3.8, 4) is 0 Å². The minimum Gasteiger partial charge on any atom is -0.462 e. The van der Waals surface area contributed by atoms with Crippen LogP contribution in [0.15, 0.2) is 53.4 Å². The number of carbonyl (C=O) groups excluding carboxylic acids is 1. The van der Waals surface area contributed by atoms with Gasteiger partial charge >= 0.3 is 12.1 Å². The Balaban J connectivity index is 2.17. The van der Waals surface area contributed by atoms with Crippen LogP contribution in [0, 0.1) is 0 Å². The number of carbonyl (C=O) groups is 1. The summed E-state index contributed by atoms with van der Waals surface area (Å²) in [7, 11) is -4.00. The standard InChI is InChI=1S/C16H14F3NO4S/c1-2-24-15(21)11-3-9-14(10-4-11)25(22,23)20-13-7-5-12(6-8-13)16(17,18)19/h3-10,20H,2H2,1H3. The van der Waals surface area contributed by atoms with E-state index in [9.17, 15) is 26.4 Å². The van der Waals surface area contributed by atoms with Gasteiger partial charge in [-0.2, -0.15) is 13.2 Å². The SMILES string of the molecule is CCOC(=O)c1ccc(S(=O)(=O)Nc2ccc(C(F)(F)F)cc2)cc1. The average molecular weight is 373 g/mol. The fourth-order valence-electron chi connectivity index (χ4n) is 1.93. The van der Waals surface area contributed by atoms with Crippen molar-refractivity contribution in [2.45, 2.75) is 18.0 Å². The molecule has 0 spiro atoms. The molecule has 0 aliphatic carbocycles. The lowest BCUT2D eigenvalue weighted by atomic mass is 10.2. The fraction of sp³-hybridized carbons (Fsp3) is 0.188. The van der Waals surface area contributed by atoms with Crippen molar-refractivity contribution in [3.63, 3.8) is 0 Å². The van der Waals surface area contributed by atoms with E-state index >= 15 is 0 Å². The molecule has 1 N–H and O–H groups in total. The van der Waals surface area contributed by atoms with Gasteiger partial charge in [0.15, 0.2) is 0 Å². The molecule has 0 bridgehead atoms. The van der Waals surface area contributed by atoms with E-state index in [2.05, 4.69) is 4.72 Å². The van der Waals surface area contributed by atoms with Gasteiger partial charge < -0.3 is 4.74 Å². The summed E-state index contributed by atoms with van der Waals surface area (Å²) >= 11 is 0. The van der Waals surface area contributed by atoms with Crippen molar-refractivity contribution in [1.82, 2.24) is 0 Å². The number of hydrogen-bond donors (Lipinski definition) is 1. The molecule has 0 aliphatic rings. The van der Waals surface area contributed by atoms with Crippen molar-refractivity contribution in [3.05, 3.63) is 59.7 Å². The number of ether oxygens (including phenoxy) is 1. The second kappa shape index (κ2) is 7.14. The Hall–Kier alpha value is -2.55. The zero-order valence-corrected chi connectivity index (χ0v) is 13.8. The maximum Gasteiger partial charge on any atom is 0.416 e. The van der Waals surface area contributed by atoms with Crippen LogP contribution in [0.3, 0.4) is 0 Å². The first kappa shape index (κ1) is 18.8.